The van der Waals surface area contributed by atoms with Crippen LogP contribution in [0.5, 0.6) is 0 Å². The Morgan fingerprint density at radius 1 is 1.17 bits per heavy atom. The number of benzene rings is 1. The van der Waals surface area contributed by atoms with E-state index in [2.05, 4.69) is 10.6 Å². The molecule has 3 heterocycles. The van der Waals surface area contributed by atoms with Gasteiger partial charge in [-0.3, -0.25) is 14.9 Å². The molecule has 0 aliphatic carbocycles. The summed E-state index contributed by atoms with van der Waals surface area (Å²) in [6.07, 6.45) is 2.29. The van der Waals surface area contributed by atoms with Crippen LogP contribution in [0.1, 0.15) is 23.2 Å². The number of nitrogens with zero attached hydrogens (tertiary/aromatic N) is 1. The van der Waals surface area contributed by atoms with Crippen molar-refractivity contribution < 1.29 is 18.8 Å². The summed E-state index contributed by atoms with van der Waals surface area (Å²) in [6, 6.07) is 6.91. The third-order valence-electron chi connectivity index (χ3n) is 4.63. The van der Waals surface area contributed by atoms with Crippen molar-refractivity contribution in [2.24, 2.45) is 0 Å². The van der Waals surface area contributed by atoms with Crippen LogP contribution in [-0.4, -0.2) is 41.4 Å². The van der Waals surface area contributed by atoms with E-state index in [4.69, 9.17) is 4.42 Å². The number of hydrogen-bond acceptors (Lipinski definition) is 4. The summed E-state index contributed by atoms with van der Waals surface area (Å²) in [7, 11) is 0. The van der Waals surface area contributed by atoms with Crippen LogP contribution in [0.3, 0.4) is 0 Å². The van der Waals surface area contributed by atoms with Crippen molar-refractivity contribution in [2.75, 3.05) is 13.1 Å². The molecule has 1 spiro atoms. The molecule has 1 aromatic carbocycles. The summed E-state index contributed by atoms with van der Waals surface area (Å²) in [5.41, 5.74) is 0.329. The second-order valence-electron chi connectivity index (χ2n) is 5.93. The van der Waals surface area contributed by atoms with E-state index in [9.17, 15) is 14.4 Å². The molecule has 0 saturated carbocycles. The van der Waals surface area contributed by atoms with Gasteiger partial charge >= 0.3 is 6.03 Å². The Morgan fingerprint density at radius 2 is 1.91 bits per heavy atom. The molecule has 2 aliphatic rings. The lowest BCUT2D eigenvalue weighted by molar-refractivity contribution is -0.125. The van der Waals surface area contributed by atoms with E-state index in [-0.39, 0.29) is 11.8 Å². The molecule has 0 bridgehead atoms. The highest BCUT2D eigenvalue weighted by Crippen LogP contribution is 2.28. The normalized spacial score (nSPS) is 19.9. The van der Waals surface area contributed by atoms with Crippen molar-refractivity contribution in [3.8, 4) is 0 Å². The molecule has 23 heavy (non-hydrogen) atoms. The minimum Gasteiger partial charge on any atom is -0.463 e. The number of hydrogen-bond donors (Lipinski definition) is 2. The SMILES string of the molecule is O=C1NC(=O)C2(CCN(C(=O)c3coc4ccccc34)CC2)N1. The fraction of sp³-hybridized carbons (Fsp3) is 0.312. The second-order valence-corrected chi connectivity index (χ2v) is 5.93. The number of amides is 4. The van der Waals surface area contributed by atoms with Crippen LogP contribution >= 0.6 is 0 Å². The first kappa shape index (κ1) is 13.8. The molecular weight excluding hydrogens is 298 g/mol. The molecule has 4 rings (SSSR count). The summed E-state index contributed by atoms with van der Waals surface area (Å²) in [6.45, 7) is 0.818. The fourth-order valence-corrected chi connectivity index (χ4v) is 3.29. The van der Waals surface area contributed by atoms with Crippen LogP contribution in [0, 0.1) is 0 Å². The molecule has 2 saturated heterocycles. The van der Waals surface area contributed by atoms with Crippen LogP contribution in [-0.2, 0) is 4.79 Å². The minimum atomic E-state index is -0.869. The van der Waals surface area contributed by atoms with Crippen molar-refractivity contribution >= 4 is 28.8 Å². The third kappa shape index (κ3) is 2.08. The smallest absolute Gasteiger partial charge is 0.322 e. The molecule has 0 radical (unpaired) electrons. The Labute approximate surface area is 131 Å². The topological polar surface area (TPSA) is 91.7 Å². The Kier molecular flexibility index (Phi) is 2.90. The summed E-state index contributed by atoms with van der Waals surface area (Å²) < 4.78 is 5.42. The molecule has 1 aromatic heterocycles. The number of carbonyl (C=O) groups excluding carboxylic acids is 3. The zero-order chi connectivity index (χ0) is 16.0. The number of para-hydroxylation sites is 1. The highest BCUT2D eigenvalue weighted by Gasteiger charge is 2.48. The number of urea groups is 1. The van der Waals surface area contributed by atoms with Gasteiger partial charge in [0.05, 0.1) is 5.56 Å². The average molecular weight is 313 g/mol. The third-order valence-corrected chi connectivity index (χ3v) is 4.63. The maximum atomic E-state index is 12.7. The van der Waals surface area contributed by atoms with Gasteiger partial charge in [0.25, 0.3) is 11.8 Å². The Hall–Kier alpha value is -2.83. The lowest BCUT2D eigenvalue weighted by atomic mass is 9.87. The van der Waals surface area contributed by atoms with Gasteiger partial charge in [-0.15, -0.1) is 0 Å². The van der Waals surface area contributed by atoms with Gasteiger partial charge in [0.2, 0.25) is 0 Å². The van der Waals surface area contributed by atoms with Gasteiger partial charge in [-0.25, -0.2) is 4.79 Å². The monoisotopic (exact) mass is 313 g/mol. The van der Waals surface area contributed by atoms with Crippen LogP contribution in [0.2, 0.25) is 0 Å². The minimum absolute atomic E-state index is 0.116. The van der Waals surface area contributed by atoms with Crippen molar-refractivity contribution in [1.29, 1.82) is 0 Å². The summed E-state index contributed by atoms with van der Waals surface area (Å²) in [5.74, 6) is -0.419. The van der Waals surface area contributed by atoms with E-state index in [0.717, 1.165) is 5.39 Å². The van der Waals surface area contributed by atoms with Gasteiger partial charge in [-0.1, -0.05) is 18.2 Å². The van der Waals surface area contributed by atoms with E-state index in [0.29, 0.717) is 37.1 Å². The lowest BCUT2D eigenvalue weighted by Crippen LogP contribution is -2.55. The molecule has 0 unspecified atom stereocenters. The number of carbonyl (C=O) groups is 3. The van der Waals surface area contributed by atoms with Crippen molar-refractivity contribution in [2.45, 2.75) is 18.4 Å². The Morgan fingerprint density at radius 3 is 2.61 bits per heavy atom. The van der Waals surface area contributed by atoms with Gasteiger partial charge in [-0.05, 0) is 18.9 Å². The maximum Gasteiger partial charge on any atom is 0.322 e. The Bertz CT molecular complexity index is 818. The van der Waals surface area contributed by atoms with Crippen LogP contribution < -0.4 is 10.6 Å². The van der Waals surface area contributed by atoms with Gasteiger partial charge in [0.15, 0.2) is 0 Å². The van der Waals surface area contributed by atoms with Gasteiger partial charge in [0, 0.05) is 18.5 Å². The van der Waals surface area contributed by atoms with Gasteiger partial charge < -0.3 is 14.6 Å². The first-order valence-electron chi connectivity index (χ1n) is 7.48. The predicted molar refractivity (Wildman–Crippen MR) is 80.8 cm³/mol. The van der Waals surface area contributed by atoms with Crippen molar-refractivity contribution in [1.82, 2.24) is 15.5 Å². The standard InChI is InChI=1S/C16H15N3O4/c20-13(11-9-23-12-4-2-1-3-10(11)12)19-7-5-16(6-8-19)14(21)17-15(22)18-16/h1-4,9H,5-8H2,(H2,17,18,21,22). The predicted octanol–water partition coefficient (Wildman–Crippen LogP) is 1.25. The van der Waals surface area contributed by atoms with Crippen LogP contribution in [0.4, 0.5) is 4.79 Å². The van der Waals surface area contributed by atoms with E-state index >= 15 is 0 Å². The van der Waals surface area contributed by atoms with E-state index < -0.39 is 11.6 Å². The number of likely N-dealkylation sites (tertiary alicyclic amines) is 1. The summed E-state index contributed by atoms with van der Waals surface area (Å²) in [4.78, 5) is 37.7. The van der Waals surface area contributed by atoms with E-state index in [1.54, 1.807) is 4.90 Å². The Balaban J connectivity index is 1.53. The van der Waals surface area contributed by atoms with Crippen molar-refractivity contribution in [3.05, 3.63) is 36.1 Å². The van der Waals surface area contributed by atoms with Crippen LogP contribution in [0.25, 0.3) is 11.0 Å². The number of imide groups is 1. The summed E-state index contributed by atoms with van der Waals surface area (Å²) in [5, 5.41) is 5.73. The van der Waals surface area contributed by atoms with Gasteiger partial charge in [0.1, 0.15) is 17.4 Å². The van der Waals surface area contributed by atoms with E-state index in [1.807, 2.05) is 24.3 Å². The number of fused-ring (bicyclic) bond motifs is 1. The number of furan rings is 1. The quantitative estimate of drug-likeness (QED) is 0.775. The van der Waals surface area contributed by atoms with E-state index in [1.165, 1.54) is 6.26 Å². The first-order valence-corrected chi connectivity index (χ1v) is 7.48. The average Bonchev–Trinajstić information content (AvgIpc) is 3.09. The first-order chi connectivity index (χ1) is 11.1. The van der Waals surface area contributed by atoms with Crippen LogP contribution in [0.15, 0.2) is 34.9 Å². The second kappa shape index (κ2) is 4.84. The number of piperidine rings is 1. The summed E-state index contributed by atoms with van der Waals surface area (Å²) >= 11 is 0. The number of nitrogens with one attached hydrogen (secondary N) is 2. The van der Waals surface area contributed by atoms with Gasteiger partial charge in [-0.2, -0.15) is 0 Å². The fourth-order valence-electron chi connectivity index (χ4n) is 3.29. The highest BCUT2D eigenvalue weighted by atomic mass is 16.3. The maximum absolute atomic E-state index is 12.7. The molecule has 4 amide bonds. The zero-order valence-electron chi connectivity index (χ0n) is 12.3. The molecule has 118 valence electrons. The molecule has 7 heteroatoms. The lowest BCUT2D eigenvalue weighted by Gasteiger charge is -2.36. The molecule has 2 aromatic rings. The molecule has 7 nitrogen and oxygen atoms in total. The van der Waals surface area contributed by atoms with Crippen molar-refractivity contribution in [3.63, 3.8) is 0 Å². The molecule has 2 fully saturated rings. The molecule has 2 N–H and O–H groups in total. The molecule has 0 atom stereocenters. The molecular formula is C16H15N3O4. The molecule has 2 aliphatic heterocycles. The number of rotatable bonds is 1. The largest absolute Gasteiger partial charge is 0.463 e. The zero-order valence-corrected chi connectivity index (χ0v) is 12.3. The highest BCUT2D eigenvalue weighted by molar-refractivity contribution is 6.08.